The molecule has 0 aliphatic carbocycles. The molecule has 0 rings (SSSR count). The van der Waals surface area contributed by atoms with Gasteiger partial charge in [-0.05, 0) is 0 Å². The summed E-state index contributed by atoms with van der Waals surface area (Å²) in [6, 6.07) is 0. The first-order valence-corrected chi connectivity index (χ1v) is 5.18. The lowest BCUT2D eigenvalue weighted by atomic mass is 10.5. The number of aliphatic hydroxyl groups excluding tert-OH is 1. The van der Waals surface area contributed by atoms with Gasteiger partial charge in [0.25, 0.3) is 0 Å². The van der Waals surface area contributed by atoms with Crippen LogP contribution in [0.5, 0.6) is 0 Å². The zero-order valence-corrected chi connectivity index (χ0v) is 7.47. The Hall–Kier alpha value is -0.880. The zero-order valence-electron chi connectivity index (χ0n) is 6.65. The van der Waals surface area contributed by atoms with Gasteiger partial charge in [0.1, 0.15) is 0 Å². The molecule has 0 spiro atoms. The molecule has 0 aromatic rings. The van der Waals surface area contributed by atoms with Gasteiger partial charge in [-0.2, -0.15) is 0 Å². The fraction of sp³-hybridized carbons (Fsp3) is 0.500. The molecule has 0 aromatic carbocycles. The van der Waals surface area contributed by atoms with E-state index >= 15 is 0 Å². The molecule has 2 N–H and O–H groups in total. The molecule has 0 saturated carbocycles. The van der Waals surface area contributed by atoms with Crippen LogP contribution in [0.1, 0.15) is 0 Å². The summed E-state index contributed by atoms with van der Waals surface area (Å²) in [7, 11) is -3.25. The second kappa shape index (κ2) is 4.89. The van der Waals surface area contributed by atoms with Crippen molar-refractivity contribution in [3.8, 4) is 0 Å². The highest BCUT2D eigenvalue weighted by molar-refractivity contribution is 7.93. The van der Waals surface area contributed by atoms with Crippen LogP contribution in [0.25, 0.3) is 0 Å². The van der Waals surface area contributed by atoms with Gasteiger partial charge in [-0.25, -0.2) is 8.42 Å². The molecule has 70 valence electrons. The van der Waals surface area contributed by atoms with Crippen molar-refractivity contribution >= 4 is 15.7 Å². The van der Waals surface area contributed by atoms with Crippen LogP contribution < -0.4 is 5.32 Å². The van der Waals surface area contributed by atoms with E-state index in [0.29, 0.717) is 0 Å². The fourth-order valence-electron chi connectivity index (χ4n) is 0.423. The molecule has 0 unspecified atom stereocenters. The van der Waals surface area contributed by atoms with Gasteiger partial charge in [0.05, 0.1) is 6.61 Å². The van der Waals surface area contributed by atoms with Gasteiger partial charge in [0.15, 0.2) is 9.84 Å². The zero-order chi connectivity index (χ0) is 9.61. The molecule has 0 aliphatic rings. The van der Waals surface area contributed by atoms with Crippen LogP contribution in [0.4, 0.5) is 0 Å². The van der Waals surface area contributed by atoms with Gasteiger partial charge >= 0.3 is 0 Å². The maximum atomic E-state index is 10.7. The van der Waals surface area contributed by atoms with Gasteiger partial charge in [0.2, 0.25) is 5.91 Å². The van der Waals surface area contributed by atoms with Gasteiger partial charge in [0, 0.05) is 24.3 Å². The smallest absolute Gasteiger partial charge is 0.244 e. The first-order chi connectivity index (χ1) is 5.45. The Balaban J connectivity index is 3.93. The number of rotatable bonds is 4. The van der Waals surface area contributed by atoms with E-state index in [1.165, 1.54) is 0 Å². The summed E-state index contributed by atoms with van der Waals surface area (Å²) in [6.07, 6.45) is 1.90. The normalized spacial score (nSPS) is 11.8. The van der Waals surface area contributed by atoms with E-state index in [-0.39, 0.29) is 13.2 Å². The Bertz CT molecular complexity index is 267. The summed E-state index contributed by atoms with van der Waals surface area (Å²) in [6.45, 7) is -0.0502. The first-order valence-electron chi connectivity index (χ1n) is 3.22. The molecule has 6 heteroatoms. The van der Waals surface area contributed by atoms with E-state index in [0.717, 1.165) is 17.7 Å². The standard InChI is InChI=1S/C6H11NO4S/c1-12(10,11)5-2-6(9)7-3-4-8/h2,5,8H,3-4H2,1H3,(H,7,9)/b5-2+. The van der Waals surface area contributed by atoms with Crippen molar-refractivity contribution in [1.29, 1.82) is 0 Å². The van der Waals surface area contributed by atoms with Crippen molar-refractivity contribution in [2.75, 3.05) is 19.4 Å². The third kappa shape index (κ3) is 7.23. The van der Waals surface area contributed by atoms with Gasteiger partial charge < -0.3 is 10.4 Å². The molecule has 12 heavy (non-hydrogen) atoms. The third-order valence-electron chi connectivity index (χ3n) is 0.878. The number of hydrogen-bond donors (Lipinski definition) is 2. The van der Waals surface area contributed by atoms with Crippen LogP contribution >= 0.6 is 0 Å². The van der Waals surface area contributed by atoms with E-state index in [9.17, 15) is 13.2 Å². The summed E-state index contributed by atoms with van der Waals surface area (Å²) in [4.78, 5) is 10.7. The average molecular weight is 193 g/mol. The number of hydrogen-bond acceptors (Lipinski definition) is 4. The molecular formula is C6H11NO4S. The Morgan fingerprint density at radius 1 is 1.58 bits per heavy atom. The molecule has 0 aromatic heterocycles. The van der Waals surface area contributed by atoms with Crippen LogP contribution in [-0.4, -0.2) is 38.8 Å². The largest absolute Gasteiger partial charge is 0.395 e. The first kappa shape index (κ1) is 11.1. The number of aliphatic hydroxyl groups is 1. The van der Waals surface area contributed by atoms with Crippen LogP contribution in [0.2, 0.25) is 0 Å². The van der Waals surface area contributed by atoms with Gasteiger partial charge in [-0.3, -0.25) is 4.79 Å². The summed E-state index contributed by atoms with van der Waals surface area (Å²) in [5.74, 6) is -0.533. The quantitative estimate of drug-likeness (QED) is 0.541. The minimum atomic E-state index is -3.25. The topological polar surface area (TPSA) is 83.5 Å². The molecule has 0 atom stereocenters. The van der Waals surface area contributed by atoms with Crippen LogP contribution in [0.15, 0.2) is 11.5 Å². The Labute approximate surface area is 71.0 Å². The van der Waals surface area contributed by atoms with Crippen molar-refractivity contribution in [3.63, 3.8) is 0 Å². The lowest BCUT2D eigenvalue weighted by Crippen LogP contribution is -2.24. The number of amides is 1. The summed E-state index contributed by atoms with van der Waals surface area (Å²) < 4.78 is 21.0. The molecule has 0 heterocycles. The van der Waals surface area contributed by atoms with E-state index < -0.39 is 15.7 Å². The van der Waals surface area contributed by atoms with Crippen molar-refractivity contribution in [3.05, 3.63) is 11.5 Å². The van der Waals surface area contributed by atoms with Gasteiger partial charge in [-0.15, -0.1) is 0 Å². The van der Waals surface area contributed by atoms with E-state index in [2.05, 4.69) is 5.32 Å². The highest BCUT2D eigenvalue weighted by Gasteiger charge is 1.96. The third-order valence-corrected chi connectivity index (χ3v) is 1.51. The maximum absolute atomic E-state index is 10.7. The molecule has 0 fully saturated rings. The highest BCUT2D eigenvalue weighted by atomic mass is 32.2. The lowest BCUT2D eigenvalue weighted by molar-refractivity contribution is -0.116. The fourth-order valence-corrected chi connectivity index (χ4v) is 0.794. The Morgan fingerprint density at radius 3 is 2.58 bits per heavy atom. The molecule has 0 radical (unpaired) electrons. The van der Waals surface area contributed by atoms with Crippen molar-refractivity contribution < 1.29 is 18.3 Å². The second-order valence-electron chi connectivity index (χ2n) is 2.15. The van der Waals surface area contributed by atoms with Crippen LogP contribution in [0.3, 0.4) is 0 Å². The van der Waals surface area contributed by atoms with Crippen LogP contribution in [0, 0.1) is 0 Å². The minimum Gasteiger partial charge on any atom is -0.395 e. The summed E-state index contributed by atoms with van der Waals surface area (Å²) in [5, 5.41) is 11.4. The molecule has 5 nitrogen and oxygen atoms in total. The van der Waals surface area contributed by atoms with Gasteiger partial charge in [-0.1, -0.05) is 0 Å². The molecule has 0 bridgehead atoms. The van der Waals surface area contributed by atoms with Crippen molar-refractivity contribution in [2.45, 2.75) is 0 Å². The van der Waals surface area contributed by atoms with E-state index in [4.69, 9.17) is 5.11 Å². The average Bonchev–Trinajstić information content (AvgIpc) is 1.95. The monoisotopic (exact) mass is 193 g/mol. The van der Waals surface area contributed by atoms with E-state index in [1.54, 1.807) is 0 Å². The Kier molecular flexibility index (Phi) is 4.53. The predicted octanol–water partition coefficient (Wildman–Crippen LogP) is -1.35. The highest BCUT2D eigenvalue weighted by Crippen LogP contribution is 1.84. The SMILES string of the molecule is CS(=O)(=O)/C=C/C(=O)NCCO. The summed E-state index contributed by atoms with van der Waals surface area (Å²) >= 11 is 0. The number of carbonyl (C=O) groups is 1. The molecule has 0 saturated heterocycles. The number of carbonyl (C=O) groups excluding carboxylic acids is 1. The maximum Gasteiger partial charge on any atom is 0.244 e. The lowest BCUT2D eigenvalue weighted by Gasteiger charge is -1.95. The van der Waals surface area contributed by atoms with Crippen molar-refractivity contribution in [1.82, 2.24) is 5.32 Å². The van der Waals surface area contributed by atoms with E-state index in [1.807, 2.05) is 0 Å². The Morgan fingerprint density at radius 2 is 2.17 bits per heavy atom. The predicted molar refractivity (Wildman–Crippen MR) is 44.1 cm³/mol. The molecular weight excluding hydrogens is 182 g/mol. The second-order valence-corrected chi connectivity index (χ2v) is 4.08. The number of sulfone groups is 1. The van der Waals surface area contributed by atoms with Crippen LogP contribution in [-0.2, 0) is 14.6 Å². The minimum absolute atomic E-state index is 0.118. The van der Waals surface area contributed by atoms with Crippen molar-refractivity contribution in [2.24, 2.45) is 0 Å². The molecule has 0 aliphatic heterocycles. The molecule has 1 amide bonds. The summed E-state index contributed by atoms with van der Waals surface area (Å²) in [5.41, 5.74) is 0. The number of nitrogens with one attached hydrogen (secondary N) is 1.